The third-order valence-corrected chi connectivity index (χ3v) is 6.04. The molecule has 0 saturated carbocycles. The van der Waals surface area contributed by atoms with Crippen molar-refractivity contribution in [3.63, 3.8) is 0 Å². The van der Waals surface area contributed by atoms with Crippen molar-refractivity contribution in [1.29, 1.82) is 0 Å². The third kappa shape index (κ3) is 3.53. The molecule has 1 N–H and O–H groups in total. The maximum atomic E-state index is 12.7. The number of phenols is 1. The highest BCUT2D eigenvalue weighted by molar-refractivity contribution is 7.98. The van der Waals surface area contributed by atoms with Crippen molar-refractivity contribution in [1.82, 2.24) is 9.55 Å². The molecule has 0 fully saturated rings. The number of hydrogen-bond acceptors (Lipinski definition) is 6. The van der Waals surface area contributed by atoms with Gasteiger partial charge < -0.3 is 9.52 Å². The van der Waals surface area contributed by atoms with Crippen molar-refractivity contribution in [3.8, 4) is 5.75 Å². The zero-order chi connectivity index (χ0) is 20.7. The van der Waals surface area contributed by atoms with Gasteiger partial charge in [0.1, 0.15) is 11.3 Å². The quantitative estimate of drug-likeness (QED) is 0.313. The first-order chi connectivity index (χ1) is 13.9. The molecular weight excluding hydrogens is 388 g/mol. The second-order valence-corrected chi connectivity index (χ2v) is 7.93. The maximum absolute atomic E-state index is 12.7. The standard InChI is InChI=1S/C22H20N2O4S/c1-4-13-8-15-14(9-20(26)28-19(15)10-18(13)25)11-29-22-23-17-6-5-12(2)7-16(17)21(27)24(22)3/h5-10,25H,4,11H2,1-3H3. The van der Waals surface area contributed by atoms with Crippen LogP contribution in [-0.4, -0.2) is 14.7 Å². The van der Waals surface area contributed by atoms with Crippen molar-refractivity contribution >= 4 is 33.6 Å². The Morgan fingerprint density at radius 3 is 2.66 bits per heavy atom. The molecule has 2 heterocycles. The van der Waals surface area contributed by atoms with Crippen LogP contribution in [0.3, 0.4) is 0 Å². The van der Waals surface area contributed by atoms with Gasteiger partial charge >= 0.3 is 5.63 Å². The molecule has 0 aliphatic heterocycles. The summed E-state index contributed by atoms with van der Waals surface area (Å²) in [6.45, 7) is 3.89. The molecule has 4 rings (SSSR count). The lowest BCUT2D eigenvalue weighted by atomic mass is 10.1. The summed E-state index contributed by atoms with van der Waals surface area (Å²) in [5.74, 6) is 0.551. The molecule has 0 unspecified atom stereocenters. The molecule has 2 aromatic carbocycles. The van der Waals surface area contributed by atoms with Gasteiger partial charge in [0.25, 0.3) is 5.56 Å². The zero-order valence-corrected chi connectivity index (χ0v) is 17.2. The average molecular weight is 408 g/mol. The van der Waals surface area contributed by atoms with Crippen molar-refractivity contribution in [2.24, 2.45) is 7.05 Å². The van der Waals surface area contributed by atoms with E-state index < -0.39 is 5.63 Å². The van der Waals surface area contributed by atoms with Crippen molar-refractivity contribution in [2.45, 2.75) is 31.2 Å². The molecule has 0 atom stereocenters. The highest BCUT2D eigenvalue weighted by Gasteiger charge is 2.13. The van der Waals surface area contributed by atoms with Crippen molar-refractivity contribution in [2.75, 3.05) is 0 Å². The van der Waals surface area contributed by atoms with Gasteiger partial charge in [-0.25, -0.2) is 9.78 Å². The van der Waals surface area contributed by atoms with Gasteiger partial charge in [0.2, 0.25) is 0 Å². The maximum Gasteiger partial charge on any atom is 0.336 e. The van der Waals surface area contributed by atoms with Gasteiger partial charge in [-0.05, 0) is 42.7 Å². The molecule has 0 aliphatic rings. The number of benzene rings is 2. The van der Waals surface area contributed by atoms with Crippen molar-refractivity contribution < 1.29 is 9.52 Å². The summed E-state index contributed by atoms with van der Waals surface area (Å²) in [6.07, 6.45) is 0.660. The fourth-order valence-electron chi connectivity index (χ4n) is 3.35. The number of aromatic nitrogens is 2. The van der Waals surface area contributed by atoms with Crippen LogP contribution in [0.1, 0.15) is 23.6 Å². The van der Waals surface area contributed by atoms with E-state index in [-0.39, 0.29) is 11.3 Å². The third-order valence-electron chi connectivity index (χ3n) is 4.96. The first-order valence-corrected chi connectivity index (χ1v) is 10.2. The number of nitrogens with zero attached hydrogens (tertiary/aromatic N) is 2. The van der Waals surface area contributed by atoms with E-state index in [0.717, 1.165) is 22.1 Å². The van der Waals surface area contributed by atoms with E-state index in [1.165, 1.54) is 28.5 Å². The van der Waals surface area contributed by atoms with E-state index in [2.05, 4.69) is 4.98 Å². The number of aryl methyl sites for hydroxylation is 2. The Hall–Kier alpha value is -3.06. The lowest BCUT2D eigenvalue weighted by Gasteiger charge is -2.11. The Kier molecular flexibility index (Phi) is 4.92. The summed E-state index contributed by atoms with van der Waals surface area (Å²) in [7, 11) is 1.70. The minimum Gasteiger partial charge on any atom is -0.508 e. The van der Waals surface area contributed by atoms with Crippen molar-refractivity contribution in [3.05, 3.63) is 73.9 Å². The van der Waals surface area contributed by atoms with Crippen LogP contribution in [0.5, 0.6) is 5.75 Å². The minimum atomic E-state index is -0.479. The second-order valence-electron chi connectivity index (χ2n) is 6.99. The predicted octanol–water partition coefficient (Wildman–Crippen LogP) is 3.91. The lowest BCUT2D eigenvalue weighted by Crippen LogP contribution is -2.20. The van der Waals surface area contributed by atoms with E-state index in [4.69, 9.17) is 4.42 Å². The molecule has 0 saturated heterocycles. The smallest absolute Gasteiger partial charge is 0.336 e. The Balaban J connectivity index is 1.77. The van der Waals surface area contributed by atoms with Crippen LogP contribution in [-0.2, 0) is 19.2 Å². The number of thioether (sulfide) groups is 1. The van der Waals surface area contributed by atoms with E-state index in [1.54, 1.807) is 7.05 Å². The molecule has 148 valence electrons. The van der Waals surface area contributed by atoms with Gasteiger partial charge in [0.05, 0.1) is 10.9 Å². The first kappa shape index (κ1) is 19.3. The Bertz CT molecular complexity index is 1370. The number of phenolic OH excluding ortho intramolecular Hbond substituents is 1. The molecule has 0 bridgehead atoms. The van der Waals surface area contributed by atoms with Crippen LogP contribution in [0.25, 0.3) is 21.9 Å². The average Bonchev–Trinajstić information content (AvgIpc) is 2.69. The zero-order valence-electron chi connectivity index (χ0n) is 16.4. The van der Waals surface area contributed by atoms with Crippen LogP contribution in [0, 0.1) is 6.92 Å². The fraction of sp³-hybridized carbons (Fsp3) is 0.227. The number of aromatic hydroxyl groups is 1. The van der Waals surface area contributed by atoms with Gasteiger partial charge in [-0.3, -0.25) is 9.36 Å². The van der Waals surface area contributed by atoms with E-state index in [0.29, 0.717) is 33.8 Å². The molecule has 4 aromatic rings. The number of rotatable bonds is 4. The Labute approximate surface area is 170 Å². The summed E-state index contributed by atoms with van der Waals surface area (Å²) in [4.78, 5) is 29.3. The second kappa shape index (κ2) is 7.40. The number of fused-ring (bicyclic) bond motifs is 2. The number of hydrogen-bond donors (Lipinski definition) is 1. The molecule has 29 heavy (non-hydrogen) atoms. The van der Waals surface area contributed by atoms with E-state index >= 15 is 0 Å². The molecule has 2 aromatic heterocycles. The summed E-state index contributed by atoms with van der Waals surface area (Å²) < 4.78 is 6.78. The van der Waals surface area contributed by atoms with Gasteiger partial charge in [0, 0.05) is 30.3 Å². The van der Waals surface area contributed by atoms with Gasteiger partial charge in [-0.2, -0.15) is 0 Å². The van der Waals surface area contributed by atoms with Crippen LogP contribution < -0.4 is 11.2 Å². The molecular formula is C22H20N2O4S. The molecule has 7 heteroatoms. The van der Waals surface area contributed by atoms with Crippen LogP contribution in [0.2, 0.25) is 0 Å². The topological polar surface area (TPSA) is 85.3 Å². The summed E-state index contributed by atoms with van der Waals surface area (Å²) >= 11 is 1.38. The Morgan fingerprint density at radius 1 is 1.10 bits per heavy atom. The van der Waals surface area contributed by atoms with Crippen LogP contribution >= 0.6 is 11.8 Å². The summed E-state index contributed by atoms with van der Waals surface area (Å²) in [5, 5.41) is 12.0. The van der Waals surface area contributed by atoms with Crippen LogP contribution in [0.15, 0.2) is 55.6 Å². The van der Waals surface area contributed by atoms with E-state index in [1.807, 2.05) is 38.1 Å². The predicted molar refractivity (Wildman–Crippen MR) is 115 cm³/mol. The minimum absolute atomic E-state index is 0.100. The highest BCUT2D eigenvalue weighted by atomic mass is 32.2. The van der Waals surface area contributed by atoms with E-state index in [9.17, 15) is 14.7 Å². The SMILES string of the molecule is CCc1cc2c(CSc3nc4ccc(C)cc4c(=O)n3C)cc(=O)oc2cc1O. The van der Waals surface area contributed by atoms with Gasteiger partial charge in [0.15, 0.2) is 5.16 Å². The first-order valence-electron chi connectivity index (χ1n) is 9.26. The molecule has 0 radical (unpaired) electrons. The summed E-state index contributed by atoms with van der Waals surface area (Å²) in [6, 6.07) is 10.4. The Morgan fingerprint density at radius 2 is 1.90 bits per heavy atom. The fourth-order valence-corrected chi connectivity index (χ4v) is 4.31. The lowest BCUT2D eigenvalue weighted by molar-refractivity contribution is 0.466. The molecule has 0 aliphatic carbocycles. The summed E-state index contributed by atoms with van der Waals surface area (Å²) in [5.41, 5.74) is 2.98. The molecule has 0 amide bonds. The largest absolute Gasteiger partial charge is 0.508 e. The normalized spacial score (nSPS) is 11.4. The van der Waals surface area contributed by atoms with Gasteiger partial charge in [-0.1, -0.05) is 30.3 Å². The highest BCUT2D eigenvalue weighted by Crippen LogP contribution is 2.30. The van der Waals surface area contributed by atoms with Crippen LogP contribution in [0.4, 0.5) is 0 Å². The van der Waals surface area contributed by atoms with Gasteiger partial charge in [-0.15, -0.1) is 0 Å². The molecule has 0 spiro atoms. The monoisotopic (exact) mass is 408 g/mol. The molecule has 6 nitrogen and oxygen atoms in total.